The Labute approximate surface area is 64.1 Å². The van der Waals surface area contributed by atoms with Crippen molar-refractivity contribution in [3.63, 3.8) is 0 Å². The summed E-state index contributed by atoms with van der Waals surface area (Å²) in [5.41, 5.74) is 1.27. The Bertz CT molecular complexity index is 288. The van der Waals surface area contributed by atoms with Gasteiger partial charge in [-0.15, -0.1) is 0 Å². The summed E-state index contributed by atoms with van der Waals surface area (Å²) in [6, 6.07) is 1.94. The Hall–Kier alpha value is -1.07. The van der Waals surface area contributed by atoms with Crippen molar-refractivity contribution in [3.05, 3.63) is 28.5 Å². The first-order chi connectivity index (χ1) is 4.75. The van der Waals surface area contributed by atoms with Crippen molar-refractivity contribution in [3.8, 4) is 6.07 Å². The van der Waals surface area contributed by atoms with Gasteiger partial charge in [-0.2, -0.15) is 5.26 Å². The van der Waals surface area contributed by atoms with Crippen molar-refractivity contribution >= 4 is 11.6 Å². The van der Waals surface area contributed by atoms with E-state index in [1.54, 1.807) is 6.20 Å². The minimum atomic E-state index is 0.432. The van der Waals surface area contributed by atoms with Gasteiger partial charge in [0.1, 0.15) is 6.07 Å². The molecule has 1 aromatic rings. The zero-order valence-electron chi connectivity index (χ0n) is 5.43. The third kappa shape index (κ3) is 1.09. The molecule has 1 rings (SSSR count). The summed E-state index contributed by atoms with van der Waals surface area (Å²) in [6.45, 7) is 1.82. The van der Waals surface area contributed by atoms with Gasteiger partial charge in [0.15, 0.2) is 0 Å². The minimum Gasteiger partial charge on any atom is -0.263 e. The Kier molecular flexibility index (Phi) is 1.88. The molecule has 0 aliphatic heterocycles. The maximum atomic E-state index is 8.47. The van der Waals surface area contributed by atoms with Crippen LogP contribution in [-0.4, -0.2) is 4.98 Å². The molecule has 0 unspecified atom stereocenters. The number of hydrogen-bond donors (Lipinski definition) is 0. The topological polar surface area (TPSA) is 36.7 Å². The van der Waals surface area contributed by atoms with Gasteiger partial charge in [-0.3, -0.25) is 4.98 Å². The van der Waals surface area contributed by atoms with E-state index >= 15 is 0 Å². The van der Waals surface area contributed by atoms with Crippen LogP contribution in [0.1, 0.15) is 11.1 Å². The monoisotopic (exact) mass is 152 g/mol. The van der Waals surface area contributed by atoms with E-state index in [1.807, 2.05) is 13.0 Å². The summed E-state index contributed by atoms with van der Waals surface area (Å²) in [4.78, 5) is 3.81. The molecule has 0 N–H and O–H groups in total. The van der Waals surface area contributed by atoms with Crippen molar-refractivity contribution in [2.75, 3.05) is 0 Å². The number of pyridine rings is 1. The van der Waals surface area contributed by atoms with Crippen molar-refractivity contribution in [2.45, 2.75) is 6.92 Å². The van der Waals surface area contributed by atoms with E-state index in [0.717, 1.165) is 5.56 Å². The molecule has 0 aliphatic rings. The summed E-state index contributed by atoms with van der Waals surface area (Å²) in [7, 11) is 0. The number of halogens is 1. The molecule has 2 nitrogen and oxygen atoms in total. The number of aromatic nitrogens is 1. The van der Waals surface area contributed by atoms with Crippen molar-refractivity contribution < 1.29 is 0 Å². The van der Waals surface area contributed by atoms with Crippen LogP contribution in [0.4, 0.5) is 0 Å². The predicted molar refractivity (Wildman–Crippen MR) is 38.7 cm³/mol. The van der Waals surface area contributed by atoms with E-state index in [-0.39, 0.29) is 0 Å². The van der Waals surface area contributed by atoms with Crippen LogP contribution in [0.2, 0.25) is 5.02 Å². The molecular formula is C7H5ClN2. The highest BCUT2D eigenvalue weighted by atomic mass is 35.5. The molecule has 3 heteroatoms. The molecular weight excluding hydrogens is 148 g/mol. The van der Waals surface area contributed by atoms with Crippen LogP contribution in [0.15, 0.2) is 12.4 Å². The van der Waals surface area contributed by atoms with Crippen molar-refractivity contribution in [1.82, 2.24) is 4.98 Å². The number of nitrogens with zero attached hydrogens (tertiary/aromatic N) is 2. The highest BCUT2D eigenvalue weighted by Crippen LogP contribution is 2.17. The first-order valence-corrected chi connectivity index (χ1v) is 3.13. The van der Waals surface area contributed by atoms with Gasteiger partial charge >= 0.3 is 0 Å². The quantitative estimate of drug-likeness (QED) is 0.570. The Balaban J connectivity index is 3.31. The molecule has 0 aromatic carbocycles. The first-order valence-electron chi connectivity index (χ1n) is 2.76. The van der Waals surface area contributed by atoms with Crippen molar-refractivity contribution in [1.29, 1.82) is 5.26 Å². The Morgan fingerprint density at radius 2 is 2.30 bits per heavy atom. The van der Waals surface area contributed by atoms with Gasteiger partial charge in [0.05, 0.1) is 10.6 Å². The third-order valence-corrected chi connectivity index (χ3v) is 1.68. The summed E-state index contributed by atoms with van der Waals surface area (Å²) in [6.07, 6.45) is 3.08. The zero-order chi connectivity index (χ0) is 7.56. The molecule has 0 bridgehead atoms. The lowest BCUT2D eigenvalue weighted by molar-refractivity contribution is 1.25. The van der Waals surface area contributed by atoms with Gasteiger partial charge in [0.25, 0.3) is 0 Å². The summed E-state index contributed by atoms with van der Waals surface area (Å²) >= 11 is 5.73. The standard InChI is InChI=1S/C7H5ClN2/c1-5-3-10-4-6(2-9)7(5)8/h3-4H,1H3. The highest BCUT2D eigenvalue weighted by molar-refractivity contribution is 6.32. The van der Waals surface area contributed by atoms with Crippen LogP contribution in [0, 0.1) is 18.3 Å². The molecule has 50 valence electrons. The first kappa shape index (κ1) is 7.04. The fraction of sp³-hybridized carbons (Fsp3) is 0.143. The fourth-order valence-corrected chi connectivity index (χ4v) is 0.767. The Morgan fingerprint density at radius 3 is 2.80 bits per heavy atom. The zero-order valence-corrected chi connectivity index (χ0v) is 6.18. The smallest absolute Gasteiger partial charge is 0.102 e. The second-order valence-corrected chi connectivity index (χ2v) is 2.31. The second-order valence-electron chi connectivity index (χ2n) is 1.93. The average molecular weight is 153 g/mol. The van der Waals surface area contributed by atoms with E-state index in [4.69, 9.17) is 16.9 Å². The van der Waals surface area contributed by atoms with Crippen LogP contribution >= 0.6 is 11.6 Å². The van der Waals surface area contributed by atoms with Crippen LogP contribution < -0.4 is 0 Å². The number of nitriles is 1. The molecule has 0 saturated carbocycles. The number of rotatable bonds is 0. The lowest BCUT2D eigenvalue weighted by Gasteiger charge is -1.95. The van der Waals surface area contributed by atoms with Gasteiger partial charge in [-0.1, -0.05) is 11.6 Å². The molecule has 0 amide bonds. The highest BCUT2D eigenvalue weighted by Gasteiger charge is 2.00. The maximum absolute atomic E-state index is 8.47. The summed E-state index contributed by atoms with van der Waals surface area (Å²) < 4.78 is 0. The van der Waals surface area contributed by atoms with Gasteiger partial charge in [-0.05, 0) is 12.5 Å². The molecule has 0 fully saturated rings. The van der Waals surface area contributed by atoms with E-state index in [2.05, 4.69) is 4.98 Å². The fourth-order valence-electron chi connectivity index (χ4n) is 0.627. The molecule has 1 aromatic heterocycles. The van der Waals surface area contributed by atoms with Gasteiger partial charge in [-0.25, -0.2) is 0 Å². The van der Waals surface area contributed by atoms with Crippen LogP contribution in [0.25, 0.3) is 0 Å². The normalized spacial score (nSPS) is 8.90. The molecule has 0 spiro atoms. The maximum Gasteiger partial charge on any atom is 0.102 e. The molecule has 0 aliphatic carbocycles. The molecule has 10 heavy (non-hydrogen) atoms. The molecule has 0 atom stereocenters. The van der Waals surface area contributed by atoms with Crippen LogP contribution in [-0.2, 0) is 0 Å². The van der Waals surface area contributed by atoms with E-state index in [9.17, 15) is 0 Å². The predicted octanol–water partition coefficient (Wildman–Crippen LogP) is 1.92. The molecule has 1 heterocycles. The second kappa shape index (κ2) is 2.68. The molecule has 0 radical (unpaired) electrons. The number of aryl methyl sites for hydroxylation is 1. The SMILES string of the molecule is Cc1cncc(C#N)c1Cl. The Morgan fingerprint density at radius 1 is 1.60 bits per heavy atom. The van der Waals surface area contributed by atoms with E-state index < -0.39 is 0 Å². The minimum absolute atomic E-state index is 0.432. The number of hydrogen-bond acceptors (Lipinski definition) is 2. The van der Waals surface area contributed by atoms with Gasteiger partial charge in [0, 0.05) is 12.4 Å². The summed E-state index contributed by atoms with van der Waals surface area (Å²) in [5, 5.41) is 8.97. The third-order valence-electron chi connectivity index (χ3n) is 1.17. The van der Waals surface area contributed by atoms with Gasteiger partial charge < -0.3 is 0 Å². The molecule has 0 saturated heterocycles. The van der Waals surface area contributed by atoms with Crippen molar-refractivity contribution in [2.24, 2.45) is 0 Å². The van der Waals surface area contributed by atoms with E-state index in [0.29, 0.717) is 10.6 Å². The van der Waals surface area contributed by atoms with E-state index in [1.165, 1.54) is 6.20 Å². The largest absolute Gasteiger partial charge is 0.263 e. The van der Waals surface area contributed by atoms with Gasteiger partial charge in [0.2, 0.25) is 0 Å². The van der Waals surface area contributed by atoms with Crippen LogP contribution in [0.3, 0.4) is 0 Å². The summed E-state index contributed by atoms with van der Waals surface area (Å²) in [5.74, 6) is 0. The van der Waals surface area contributed by atoms with Crippen LogP contribution in [0.5, 0.6) is 0 Å². The lowest BCUT2D eigenvalue weighted by atomic mass is 10.2. The lowest BCUT2D eigenvalue weighted by Crippen LogP contribution is -1.83. The average Bonchev–Trinajstić information content (AvgIpc) is 1.95.